The number of amides is 3. The molecule has 6 aromatic heterocycles. The van der Waals surface area contributed by atoms with Gasteiger partial charge in [-0.15, -0.1) is 0 Å². The summed E-state index contributed by atoms with van der Waals surface area (Å²) in [5.41, 5.74) is 25.8. The zero-order chi connectivity index (χ0) is 79.3. The molecule has 6 aliphatic rings. The molecular weight excluding hydrogens is 1460 g/mol. The summed E-state index contributed by atoms with van der Waals surface area (Å²) < 4.78 is 23.6. The molecule has 0 bridgehead atoms. The smallest absolute Gasteiger partial charge is 0.246 e. The number of nitrogens with one attached hydrogen (secondary N) is 2. The second-order valence-corrected chi connectivity index (χ2v) is 30.4. The van der Waals surface area contributed by atoms with Crippen molar-refractivity contribution < 1.29 is 28.6 Å². The first kappa shape index (κ1) is 77.2. The Morgan fingerprint density at radius 2 is 0.733 bits per heavy atom. The van der Waals surface area contributed by atoms with E-state index in [4.69, 9.17) is 46.7 Å². The summed E-state index contributed by atoms with van der Waals surface area (Å²) in [4.78, 5) is 73.0. The molecule has 9 heterocycles. The molecule has 8 N–H and O–H groups in total. The third kappa shape index (κ3) is 18.7. The van der Waals surface area contributed by atoms with E-state index in [0.29, 0.717) is 85.2 Å². The number of fused-ring (bicyclic) bond motifs is 3. The standard InChI is InChI=1S/C32H37N7O2.C29H31N7O2.C28H29N7O2/c1-37(24-9-4-2-5-10-24)19-8-13-28(40)38-20-18-25(21-38)39-32-29(31(33)34-22-35-32)30(36-39)23-14-16-27(17-15-23)41-26-11-6-3-7-12-26;30-28-26-27(20-10-14-24(15-11-20)38-23-7-2-1-3-8-23)34-36(29(26)33-19-32-28)22-6-5-17-35(18-22)25(37)9-4-16-31-21-12-13-21;29-27-25-26(19-8-12-23(13-9-19)37-22-5-2-1-3-6-22)33-35(28(25)32-18-31-27)21-14-16-34(17-21)24(36)7-4-15-30-20-10-11-20/h3,6-8,11-17,22,24-25H,2,4-5,9-10,18-21H2,1H3,(H2,33,34,35);1-4,7-11,14-15,19,21-22,31H,5-6,12-13,16-18H2,(H2,30,32,33);1-9,12-13,18,20-21,30H,10-11,14-17H2,(H2,29,31,32)/b13-8+;9-4+;7-4+/t25-;22-;21-/m111/s1. The summed E-state index contributed by atoms with van der Waals surface area (Å²) in [5.74, 6) is 5.78. The molecule has 3 aliphatic carbocycles. The Balaban J connectivity index is 0.000000131. The monoisotopic (exact) mass is 1560 g/mol. The number of nitrogen functional groups attached to an aromatic ring is 3. The average molecular weight is 1560 g/mol. The van der Waals surface area contributed by atoms with E-state index in [1.807, 2.05) is 211 Å². The lowest BCUT2D eigenvalue weighted by atomic mass is 9.94. The fourth-order valence-electron chi connectivity index (χ4n) is 15.6. The molecule has 116 heavy (non-hydrogen) atoms. The van der Waals surface area contributed by atoms with E-state index in [0.717, 1.165) is 136 Å². The molecule has 0 spiro atoms. The highest BCUT2D eigenvalue weighted by Crippen LogP contribution is 2.40. The Hall–Kier alpha value is -12.7. The molecule has 594 valence electrons. The minimum absolute atomic E-state index is 0.00285. The minimum Gasteiger partial charge on any atom is -0.457 e. The molecule has 0 radical (unpaired) electrons. The number of rotatable bonds is 24. The second-order valence-electron chi connectivity index (χ2n) is 30.4. The summed E-state index contributed by atoms with van der Waals surface area (Å²) in [5, 5.41) is 23.9. The van der Waals surface area contributed by atoms with Gasteiger partial charge < -0.3 is 56.7 Å². The van der Waals surface area contributed by atoms with Gasteiger partial charge in [0.05, 0.1) is 34.3 Å². The van der Waals surface area contributed by atoms with Gasteiger partial charge in [0.1, 0.15) is 88.0 Å². The molecule has 3 atom stereocenters. The van der Waals surface area contributed by atoms with Crippen molar-refractivity contribution in [2.45, 2.75) is 120 Å². The van der Waals surface area contributed by atoms with Crippen LogP contribution in [0.5, 0.6) is 34.5 Å². The summed E-state index contributed by atoms with van der Waals surface area (Å²) in [6.07, 6.45) is 30.1. The zero-order valence-electron chi connectivity index (χ0n) is 65.1. The number of likely N-dealkylation sites (N-methyl/N-ethyl adjacent to an activating group) is 1. The third-order valence-corrected chi connectivity index (χ3v) is 22.1. The molecule has 12 aromatic rings. The number of hydrogen-bond donors (Lipinski definition) is 5. The van der Waals surface area contributed by atoms with Crippen molar-refractivity contribution in [1.29, 1.82) is 0 Å². The zero-order valence-corrected chi connectivity index (χ0v) is 65.1. The Bertz CT molecular complexity index is 5450. The molecule has 3 aliphatic heterocycles. The fourth-order valence-corrected chi connectivity index (χ4v) is 15.6. The van der Waals surface area contributed by atoms with Crippen LogP contribution < -0.4 is 42.0 Å². The van der Waals surface area contributed by atoms with Gasteiger partial charge in [0.15, 0.2) is 16.9 Å². The number of carbonyl (C=O) groups is 3. The summed E-state index contributed by atoms with van der Waals surface area (Å²) in [7, 11) is 2.16. The largest absolute Gasteiger partial charge is 0.457 e. The number of ether oxygens (including phenoxy) is 3. The first-order valence-corrected chi connectivity index (χ1v) is 40.4. The first-order valence-electron chi connectivity index (χ1n) is 40.4. The molecule has 0 unspecified atom stereocenters. The van der Waals surface area contributed by atoms with E-state index in [1.54, 1.807) is 18.2 Å². The molecular formula is C89H97N21O6. The maximum absolute atomic E-state index is 13.0. The fraction of sp³-hybridized carbons (Fsp3) is 0.326. The number of anilines is 3. The van der Waals surface area contributed by atoms with E-state index in [9.17, 15) is 14.4 Å². The molecule has 27 nitrogen and oxygen atoms in total. The van der Waals surface area contributed by atoms with Crippen LogP contribution in [0.25, 0.3) is 66.9 Å². The SMILES string of the molecule is CN(C/C=C/C(=O)N1CC[C@@H](n2nc(-c3ccc(Oc4ccccc4)cc3)c3c(N)ncnc32)C1)C1CCCCC1.Nc1ncnc2c1c(-c1ccc(Oc3ccccc3)cc1)nn2[C@@H]1CCCN(C(=O)/C=C/CNC2CC2)C1.Nc1ncnc2c1c(-c1ccc(Oc3ccccc3)cc1)nn2[C@@H]1CCN(C(=O)/C=C/CNC2CC2)C1. The summed E-state index contributed by atoms with van der Waals surface area (Å²) in [6, 6.07) is 54.2. The lowest BCUT2D eigenvalue weighted by Gasteiger charge is -2.32. The van der Waals surface area contributed by atoms with Gasteiger partial charge in [0.2, 0.25) is 17.7 Å². The van der Waals surface area contributed by atoms with Crippen LogP contribution in [0, 0.1) is 0 Å². The molecule has 18 rings (SSSR count). The van der Waals surface area contributed by atoms with Crippen LogP contribution in [0.1, 0.15) is 102 Å². The number of benzene rings is 6. The summed E-state index contributed by atoms with van der Waals surface area (Å²) >= 11 is 0. The Morgan fingerprint density at radius 1 is 0.397 bits per heavy atom. The molecule has 6 fully saturated rings. The molecule has 3 amide bonds. The number of piperidine rings is 1. The van der Waals surface area contributed by atoms with Crippen LogP contribution in [0.4, 0.5) is 17.5 Å². The third-order valence-electron chi connectivity index (χ3n) is 22.1. The van der Waals surface area contributed by atoms with E-state index >= 15 is 0 Å². The van der Waals surface area contributed by atoms with E-state index in [2.05, 4.69) is 52.5 Å². The lowest BCUT2D eigenvalue weighted by molar-refractivity contribution is -0.128. The van der Waals surface area contributed by atoms with Gasteiger partial charge in [-0.1, -0.05) is 92.1 Å². The van der Waals surface area contributed by atoms with Crippen molar-refractivity contribution in [1.82, 2.24) is 89.5 Å². The normalized spacial score (nSPS) is 17.8. The van der Waals surface area contributed by atoms with Crippen molar-refractivity contribution >= 4 is 68.3 Å². The van der Waals surface area contributed by atoms with Crippen LogP contribution in [0.15, 0.2) is 219 Å². The van der Waals surface area contributed by atoms with Gasteiger partial charge in [-0.25, -0.2) is 43.9 Å². The second kappa shape index (κ2) is 36.2. The van der Waals surface area contributed by atoms with Crippen molar-refractivity contribution in [3.63, 3.8) is 0 Å². The average Bonchev–Trinajstić information content (AvgIpc) is 1.62. The van der Waals surface area contributed by atoms with Crippen molar-refractivity contribution in [3.05, 3.63) is 219 Å². The Kier molecular flexibility index (Phi) is 24.1. The topological polar surface area (TPSA) is 325 Å². The van der Waals surface area contributed by atoms with Crippen LogP contribution >= 0.6 is 0 Å². The van der Waals surface area contributed by atoms with Gasteiger partial charge in [-0.3, -0.25) is 19.3 Å². The van der Waals surface area contributed by atoms with Gasteiger partial charge >= 0.3 is 0 Å². The predicted octanol–water partition coefficient (Wildman–Crippen LogP) is 13.8. The predicted molar refractivity (Wildman–Crippen MR) is 449 cm³/mol. The molecule has 27 heteroatoms. The van der Waals surface area contributed by atoms with Crippen LogP contribution in [-0.4, -0.2) is 181 Å². The van der Waals surface area contributed by atoms with Crippen LogP contribution in [-0.2, 0) is 14.4 Å². The number of nitrogens with two attached hydrogens (primary N) is 3. The Labute approximate surface area is 673 Å². The number of para-hydroxylation sites is 3. The quantitative estimate of drug-likeness (QED) is 0.0351. The number of hydrogen-bond acceptors (Lipinski definition) is 21. The van der Waals surface area contributed by atoms with Crippen LogP contribution in [0.2, 0.25) is 0 Å². The van der Waals surface area contributed by atoms with Crippen LogP contribution in [0.3, 0.4) is 0 Å². The number of likely N-dealkylation sites (tertiary alicyclic amines) is 3. The van der Waals surface area contributed by atoms with E-state index in [1.165, 1.54) is 76.8 Å². The Morgan fingerprint density at radius 3 is 1.09 bits per heavy atom. The number of nitrogens with zero attached hydrogens (tertiary/aromatic N) is 16. The van der Waals surface area contributed by atoms with Crippen molar-refractivity contribution in [2.24, 2.45) is 0 Å². The maximum atomic E-state index is 13.0. The van der Waals surface area contributed by atoms with Gasteiger partial charge in [0.25, 0.3) is 0 Å². The minimum atomic E-state index is -0.00285. The van der Waals surface area contributed by atoms with Crippen molar-refractivity contribution in [3.8, 4) is 68.3 Å². The molecule has 6 aromatic carbocycles. The highest BCUT2D eigenvalue weighted by atomic mass is 16.5. The first-order chi connectivity index (χ1) is 56.9. The lowest BCUT2D eigenvalue weighted by Crippen LogP contribution is -2.40. The van der Waals surface area contributed by atoms with Gasteiger partial charge in [-0.05, 0) is 180 Å². The highest BCUT2D eigenvalue weighted by Gasteiger charge is 2.34. The number of carbonyl (C=O) groups excluding carboxylic acids is 3. The van der Waals surface area contributed by atoms with Gasteiger partial charge in [0, 0.05) is 112 Å². The molecule has 3 saturated heterocycles. The van der Waals surface area contributed by atoms with Gasteiger partial charge in [-0.2, -0.15) is 15.3 Å². The number of aromatic nitrogens is 12. The summed E-state index contributed by atoms with van der Waals surface area (Å²) in [6.45, 7) is 6.06. The van der Waals surface area contributed by atoms with E-state index < -0.39 is 0 Å². The van der Waals surface area contributed by atoms with Crippen molar-refractivity contribution in [2.75, 3.05) is 83.2 Å². The highest BCUT2D eigenvalue weighted by molar-refractivity contribution is 6.00. The van der Waals surface area contributed by atoms with E-state index in [-0.39, 0.29) is 35.8 Å². The maximum Gasteiger partial charge on any atom is 0.246 e. The molecule has 3 saturated carbocycles.